The fourth-order valence-corrected chi connectivity index (χ4v) is 2.44. The highest BCUT2D eigenvalue weighted by Crippen LogP contribution is 2.27. The summed E-state index contributed by atoms with van der Waals surface area (Å²) in [6.07, 6.45) is 1.79. The van der Waals surface area contributed by atoms with Gasteiger partial charge in [-0.1, -0.05) is 0 Å². The molecule has 1 N–H and O–H groups in total. The molecule has 0 spiro atoms. The van der Waals surface area contributed by atoms with Crippen molar-refractivity contribution in [3.63, 3.8) is 0 Å². The maximum Gasteiger partial charge on any atom is 0.261 e. The van der Waals surface area contributed by atoms with Gasteiger partial charge >= 0.3 is 0 Å². The first-order valence-corrected chi connectivity index (χ1v) is 5.97. The largest absolute Gasteiger partial charge is 0.508 e. The molecule has 0 aromatic heterocycles. The van der Waals surface area contributed by atoms with E-state index in [0.717, 1.165) is 12.8 Å². The van der Waals surface area contributed by atoms with E-state index < -0.39 is 0 Å². The second-order valence-corrected chi connectivity index (χ2v) is 4.59. The van der Waals surface area contributed by atoms with Gasteiger partial charge < -0.3 is 9.84 Å². The normalized spacial score (nSPS) is 22.7. The second-order valence-electron chi connectivity index (χ2n) is 4.59. The predicted octanol–water partition coefficient (Wildman–Crippen LogP) is 1.17. The molecule has 2 aliphatic rings. The molecular weight excluding hydrogens is 234 g/mol. The van der Waals surface area contributed by atoms with Crippen LogP contribution >= 0.6 is 0 Å². The van der Waals surface area contributed by atoms with E-state index in [1.54, 1.807) is 0 Å². The fourth-order valence-electron chi connectivity index (χ4n) is 2.44. The average molecular weight is 247 g/mol. The molecule has 0 saturated carbocycles. The number of rotatable bonds is 2. The molecule has 1 aromatic rings. The van der Waals surface area contributed by atoms with E-state index in [2.05, 4.69) is 0 Å². The Morgan fingerprint density at radius 1 is 1.28 bits per heavy atom. The Morgan fingerprint density at radius 2 is 2.06 bits per heavy atom. The highest BCUT2D eigenvalue weighted by molar-refractivity contribution is 6.21. The topological polar surface area (TPSA) is 66.8 Å². The molecule has 2 amide bonds. The summed E-state index contributed by atoms with van der Waals surface area (Å²) < 4.78 is 5.44. The summed E-state index contributed by atoms with van der Waals surface area (Å²) in [5.74, 6) is -0.652. The van der Waals surface area contributed by atoms with E-state index in [1.807, 2.05) is 0 Å². The quantitative estimate of drug-likeness (QED) is 0.796. The summed E-state index contributed by atoms with van der Waals surface area (Å²) in [5.41, 5.74) is 0.633. The number of ether oxygens (including phenoxy) is 1. The summed E-state index contributed by atoms with van der Waals surface area (Å²) in [5, 5.41) is 9.36. The third kappa shape index (κ3) is 1.67. The minimum atomic E-state index is -0.346. The van der Waals surface area contributed by atoms with E-state index in [-0.39, 0.29) is 29.2 Å². The Bertz CT molecular complexity index is 520. The van der Waals surface area contributed by atoms with Crippen LogP contribution in [0.4, 0.5) is 0 Å². The van der Waals surface area contributed by atoms with Crippen LogP contribution in [0.15, 0.2) is 18.2 Å². The van der Waals surface area contributed by atoms with Gasteiger partial charge in [0.15, 0.2) is 0 Å². The van der Waals surface area contributed by atoms with Crippen LogP contribution in [0.1, 0.15) is 33.6 Å². The first-order chi connectivity index (χ1) is 8.66. The molecular formula is C13H13NO4. The van der Waals surface area contributed by atoms with Crippen LogP contribution in [0.3, 0.4) is 0 Å². The van der Waals surface area contributed by atoms with Crippen molar-refractivity contribution in [1.29, 1.82) is 0 Å². The maximum absolute atomic E-state index is 12.1. The van der Waals surface area contributed by atoms with Gasteiger partial charge in [0.1, 0.15) is 5.75 Å². The van der Waals surface area contributed by atoms with E-state index in [0.29, 0.717) is 18.7 Å². The number of imide groups is 1. The number of benzene rings is 1. The van der Waals surface area contributed by atoms with Crippen molar-refractivity contribution in [1.82, 2.24) is 4.90 Å². The van der Waals surface area contributed by atoms with Crippen LogP contribution in [0.2, 0.25) is 0 Å². The lowest BCUT2D eigenvalue weighted by Crippen LogP contribution is -2.36. The van der Waals surface area contributed by atoms with Crippen molar-refractivity contribution in [2.24, 2.45) is 0 Å². The third-order valence-electron chi connectivity index (χ3n) is 3.36. The van der Waals surface area contributed by atoms with Crippen LogP contribution in [-0.2, 0) is 4.74 Å². The molecule has 5 nitrogen and oxygen atoms in total. The summed E-state index contributed by atoms with van der Waals surface area (Å²) in [6, 6.07) is 4.24. The smallest absolute Gasteiger partial charge is 0.261 e. The summed E-state index contributed by atoms with van der Waals surface area (Å²) in [7, 11) is 0. The standard InChI is InChI=1S/C13H13NO4/c15-8-3-4-10-11(6-8)13(17)14(12(10)16)7-9-2-1-5-18-9/h3-4,6,9,15H,1-2,5,7H2/t9-/m1/s1. The van der Waals surface area contributed by atoms with Crippen molar-refractivity contribution in [3.05, 3.63) is 29.3 Å². The zero-order valence-corrected chi connectivity index (χ0v) is 9.76. The highest BCUT2D eigenvalue weighted by atomic mass is 16.5. The molecule has 94 valence electrons. The molecule has 1 fully saturated rings. The van der Waals surface area contributed by atoms with Gasteiger partial charge in [0.05, 0.1) is 23.8 Å². The Hall–Kier alpha value is -1.88. The highest BCUT2D eigenvalue weighted by Gasteiger charge is 2.37. The average Bonchev–Trinajstić information content (AvgIpc) is 2.93. The van der Waals surface area contributed by atoms with Gasteiger partial charge in [0.25, 0.3) is 11.8 Å². The van der Waals surface area contributed by atoms with Crippen molar-refractivity contribution in [2.75, 3.05) is 13.2 Å². The van der Waals surface area contributed by atoms with Crippen molar-refractivity contribution >= 4 is 11.8 Å². The second kappa shape index (κ2) is 4.10. The monoisotopic (exact) mass is 247 g/mol. The number of nitrogens with zero attached hydrogens (tertiary/aromatic N) is 1. The van der Waals surface area contributed by atoms with E-state index in [4.69, 9.17) is 4.74 Å². The summed E-state index contributed by atoms with van der Waals surface area (Å²) in [4.78, 5) is 25.4. The van der Waals surface area contributed by atoms with Crippen LogP contribution in [-0.4, -0.2) is 41.1 Å². The number of phenolic OH excluding ortho intramolecular Hbond substituents is 1. The zero-order valence-electron chi connectivity index (χ0n) is 9.76. The Morgan fingerprint density at radius 3 is 2.78 bits per heavy atom. The number of hydrogen-bond donors (Lipinski definition) is 1. The molecule has 0 radical (unpaired) electrons. The molecule has 18 heavy (non-hydrogen) atoms. The van der Waals surface area contributed by atoms with Crippen molar-refractivity contribution in [2.45, 2.75) is 18.9 Å². The van der Waals surface area contributed by atoms with Gasteiger partial charge in [-0.2, -0.15) is 0 Å². The number of amides is 2. The third-order valence-corrected chi connectivity index (χ3v) is 3.36. The van der Waals surface area contributed by atoms with Crippen LogP contribution in [0.25, 0.3) is 0 Å². The van der Waals surface area contributed by atoms with Crippen molar-refractivity contribution in [3.8, 4) is 5.75 Å². The van der Waals surface area contributed by atoms with Gasteiger partial charge in [-0.05, 0) is 31.0 Å². The lowest BCUT2D eigenvalue weighted by molar-refractivity contribution is 0.0475. The first kappa shape index (κ1) is 11.2. The molecule has 0 aliphatic carbocycles. The minimum Gasteiger partial charge on any atom is -0.508 e. The number of carbonyl (C=O) groups is 2. The Kier molecular flexibility index (Phi) is 2.56. The van der Waals surface area contributed by atoms with Crippen LogP contribution in [0, 0.1) is 0 Å². The predicted molar refractivity (Wildman–Crippen MR) is 62.4 cm³/mol. The first-order valence-electron chi connectivity index (χ1n) is 5.97. The van der Waals surface area contributed by atoms with E-state index >= 15 is 0 Å². The number of phenols is 1. The fraction of sp³-hybridized carbons (Fsp3) is 0.385. The minimum absolute atomic E-state index is 0.00568. The van der Waals surface area contributed by atoms with Gasteiger partial charge in [0.2, 0.25) is 0 Å². The van der Waals surface area contributed by atoms with Gasteiger partial charge in [0, 0.05) is 6.61 Å². The molecule has 0 bridgehead atoms. The van der Waals surface area contributed by atoms with E-state index in [1.165, 1.54) is 23.1 Å². The zero-order chi connectivity index (χ0) is 12.7. The number of hydrogen-bond acceptors (Lipinski definition) is 4. The Labute approximate surface area is 104 Å². The van der Waals surface area contributed by atoms with Gasteiger partial charge in [-0.15, -0.1) is 0 Å². The number of carbonyl (C=O) groups excluding carboxylic acids is 2. The maximum atomic E-state index is 12.1. The molecule has 1 saturated heterocycles. The van der Waals surface area contributed by atoms with Gasteiger partial charge in [-0.3, -0.25) is 14.5 Å². The van der Waals surface area contributed by atoms with Crippen molar-refractivity contribution < 1.29 is 19.4 Å². The van der Waals surface area contributed by atoms with Crippen LogP contribution in [0.5, 0.6) is 5.75 Å². The Balaban J connectivity index is 1.87. The molecule has 2 heterocycles. The molecule has 2 aliphatic heterocycles. The summed E-state index contributed by atoms with van der Waals surface area (Å²) in [6.45, 7) is 0.988. The lowest BCUT2D eigenvalue weighted by atomic mass is 10.1. The van der Waals surface area contributed by atoms with Crippen LogP contribution < -0.4 is 0 Å². The molecule has 1 atom stereocenters. The molecule has 5 heteroatoms. The number of aromatic hydroxyl groups is 1. The molecule has 0 unspecified atom stereocenters. The van der Waals surface area contributed by atoms with E-state index in [9.17, 15) is 14.7 Å². The lowest BCUT2D eigenvalue weighted by Gasteiger charge is -2.17. The summed E-state index contributed by atoms with van der Waals surface area (Å²) >= 11 is 0. The van der Waals surface area contributed by atoms with Gasteiger partial charge in [-0.25, -0.2) is 0 Å². The number of fused-ring (bicyclic) bond motifs is 1. The molecule has 1 aromatic carbocycles. The SMILES string of the molecule is O=C1c2ccc(O)cc2C(=O)N1C[C@H]1CCCO1. The molecule has 3 rings (SSSR count).